The maximum Gasteiger partial charge on any atom is 0.416 e. The average molecular weight is 692 g/mol. The topological polar surface area (TPSA) is 121 Å². The standard InChI is InChI=1S/C33H48F3NO11/c1-39-9-10-40-11-12-41-13-14-42-15-16-43-17-18-44-19-20-45-21-22-46-23-24-47-25-26-48-32(38)30-7-2-3-8-31(30)37-29-6-4-5-28(27-29)33(34,35)36/h2-8,27,37H,9-26H2,1H3. The van der Waals surface area contributed by atoms with E-state index in [4.69, 9.17) is 47.4 Å². The fourth-order valence-electron chi connectivity index (χ4n) is 3.75. The monoisotopic (exact) mass is 691 g/mol. The molecule has 0 saturated carbocycles. The lowest BCUT2D eigenvalue weighted by molar-refractivity contribution is -0.137. The maximum absolute atomic E-state index is 13.0. The normalized spacial score (nSPS) is 11.6. The number of rotatable bonds is 30. The van der Waals surface area contributed by atoms with Gasteiger partial charge >= 0.3 is 12.1 Å². The summed E-state index contributed by atoms with van der Waals surface area (Å²) >= 11 is 0. The van der Waals surface area contributed by atoms with Gasteiger partial charge < -0.3 is 52.7 Å². The zero-order valence-electron chi connectivity index (χ0n) is 27.5. The highest BCUT2D eigenvalue weighted by molar-refractivity contribution is 5.96. The van der Waals surface area contributed by atoms with Crippen molar-refractivity contribution in [3.8, 4) is 0 Å². The van der Waals surface area contributed by atoms with E-state index in [-0.39, 0.29) is 24.5 Å². The maximum atomic E-state index is 13.0. The van der Waals surface area contributed by atoms with E-state index in [0.717, 1.165) is 12.1 Å². The minimum atomic E-state index is -4.47. The van der Waals surface area contributed by atoms with Gasteiger partial charge in [0, 0.05) is 12.8 Å². The highest BCUT2D eigenvalue weighted by Crippen LogP contribution is 2.32. The van der Waals surface area contributed by atoms with Gasteiger partial charge in [0.1, 0.15) is 6.61 Å². The molecule has 0 atom stereocenters. The summed E-state index contributed by atoms with van der Waals surface area (Å²) in [4.78, 5) is 12.6. The van der Waals surface area contributed by atoms with Crippen molar-refractivity contribution in [2.24, 2.45) is 0 Å². The first-order valence-electron chi connectivity index (χ1n) is 15.7. The van der Waals surface area contributed by atoms with Gasteiger partial charge in [-0.1, -0.05) is 18.2 Å². The van der Waals surface area contributed by atoms with Crippen LogP contribution in [0.1, 0.15) is 15.9 Å². The molecule has 2 rings (SSSR count). The van der Waals surface area contributed by atoms with E-state index in [1.807, 2.05) is 0 Å². The zero-order valence-corrected chi connectivity index (χ0v) is 27.5. The summed E-state index contributed by atoms with van der Waals surface area (Å²) in [6.07, 6.45) is -4.47. The zero-order chi connectivity index (χ0) is 34.5. The van der Waals surface area contributed by atoms with Gasteiger partial charge in [-0.05, 0) is 30.3 Å². The summed E-state index contributed by atoms with van der Waals surface area (Å²) in [7, 11) is 1.63. The average Bonchev–Trinajstić information content (AvgIpc) is 3.08. The van der Waals surface area contributed by atoms with Crippen LogP contribution in [0, 0.1) is 0 Å². The van der Waals surface area contributed by atoms with Crippen LogP contribution in [-0.2, 0) is 53.5 Å². The van der Waals surface area contributed by atoms with E-state index in [9.17, 15) is 18.0 Å². The second-order valence-corrected chi connectivity index (χ2v) is 9.78. The van der Waals surface area contributed by atoms with Crippen LogP contribution in [0.25, 0.3) is 0 Å². The lowest BCUT2D eigenvalue weighted by Gasteiger charge is -2.13. The summed E-state index contributed by atoms with van der Waals surface area (Å²) in [5.41, 5.74) is -0.0850. The van der Waals surface area contributed by atoms with Crippen LogP contribution in [0.4, 0.5) is 24.5 Å². The molecular formula is C33H48F3NO11. The van der Waals surface area contributed by atoms with E-state index in [2.05, 4.69) is 5.32 Å². The number of para-hydroxylation sites is 1. The van der Waals surface area contributed by atoms with Gasteiger partial charge in [-0.3, -0.25) is 0 Å². The van der Waals surface area contributed by atoms with E-state index < -0.39 is 17.7 Å². The van der Waals surface area contributed by atoms with Crippen molar-refractivity contribution in [2.45, 2.75) is 6.18 Å². The Morgan fingerprint density at radius 3 is 1.42 bits per heavy atom. The first-order valence-corrected chi connectivity index (χ1v) is 15.7. The Morgan fingerprint density at radius 1 is 0.562 bits per heavy atom. The molecule has 0 unspecified atom stereocenters. The molecule has 1 N–H and O–H groups in total. The van der Waals surface area contributed by atoms with Crippen LogP contribution in [0.5, 0.6) is 0 Å². The second kappa shape index (κ2) is 27.0. The van der Waals surface area contributed by atoms with Gasteiger partial charge in [0.05, 0.1) is 129 Å². The van der Waals surface area contributed by atoms with Crippen molar-refractivity contribution in [1.29, 1.82) is 0 Å². The van der Waals surface area contributed by atoms with E-state index >= 15 is 0 Å². The molecule has 2 aromatic rings. The van der Waals surface area contributed by atoms with Crippen molar-refractivity contribution in [1.82, 2.24) is 0 Å². The number of benzene rings is 2. The van der Waals surface area contributed by atoms with Crippen molar-refractivity contribution >= 4 is 17.3 Å². The molecule has 272 valence electrons. The Morgan fingerprint density at radius 2 is 0.979 bits per heavy atom. The number of carbonyl (C=O) groups is 1. The van der Waals surface area contributed by atoms with Crippen LogP contribution >= 0.6 is 0 Å². The fourth-order valence-corrected chi connectivity index (χ4v) is 3.75. The van der Waals surface area contributed by atoms with E-state index in [0.29, 0.717) is 111 Å². The summed E-state index contributed by atoms with van der Waals surface area (Å²) in [6, 6.07) is 11.1. The number of halogens is 3. The van der Waals surface area contributed by atoms with Crippen molar-refractivity contribution in [3.05, 3.63) is 59.7 Å². The molecule has 0 radical (unpaired) electrons. The van der Waals surface area contributed by atoms with Gasteiger partial charge in [0.25, 0.3) is 0 Å². The Balaban J connectivity index is 1.35. The smallest absolute Gasteiger partial charge is 0.416 e. The Hall–Kier alpha value is -2.86. The number of methoxy groups -OCH3 is 1. The number of carbonyl (C=O) groups excluding carboxylic acids is 1. The third kappa shape index (κ3) is 20.5. The van der Waals surface area contributed by atoms with E-state index in [1.165, 1.54) is 18.2 Å². The highest BCUT2D eigenvalue weighted by atomic mass is 19.4. The highest BCUT2D eigenvalue weighted by Gasteiger charge is 2.30. The number of hydrogen-bond acceptors (Lipinski definition) is 12. The molecule has 0 heterocycles. The minimum absolute atomic E-state index is 0.00117. The van der Waals surface area contributed by atoms with Gasteiger partial charge in [0.2, 0.25) is 0 Å². The number of nitrogens with one attached hydrogen (secondary N) is 1. The Kier molecular flexibility index (Phi) is 23.3. The van der Waals surface area contributed by atoms with Crippen LogP contribution in [-0.4, -0.2) is 132 Å². The van der Waals surface area contributed by atoms with Gasteiger partial charge in [-0.25, -0.2) is 4.79 Å². The van der Waals surface area contributed by atoms with Crippen molar-refractivity contribution < 1.29 is 65.3 Å². The van der Waals surface area contributed by atoms with Gasteiger partial charge in [-0.2, -0.15) is 13.2 Å². The van der Waals surface area contributed by atoms with Crippen LogP contribution in [0.3, 0.4) is 0 Å². The first kappa shape index (κ1) is 41.3. The lowest BCUT2D eigenvalue weighted by Crippen LogP contribution is -2.16. The number of hydrogen-bond donors (Lipinski definition) is 1. The quantitative estimate of drug-likeness (QED) is 0.0925. The third-order valence-electron chi connectivity index (χ3n) is 6.11. The SMILES string of the molecule is COCCOCCOCCOCCOCCOCCOCCOCCOCCOC(=O)c1ccccc1Nc1cccc(C(F)(F)F)c1. The Labute approximate surface area is 279 Å². The molecule has 12 nitrogen and oxygen atoms in total. The molecule has 0 amide bonds. The molecule has 0 aliphatic rings. The molecule has 0 aromatic heterocycles. The molecule has 2 aromatic carbocycles. The summed E-state index contributed by atoms with van der Waals surface area (Å²) in [6.45, 7) is 7.58. The largest absolute Gasteiger partial charge is 0.460 e. The van der Waals surface area contributed by atoms with Crippen LogP contribution in [0.2, 0.25) is 0 Å². The van der Waals surface area contributed by atoms with Gasteiger partial charge in [0.15, 0.2) is 0 Å². The Bertz CT molecular complexity index is 1090. The molecule has 48 heavy (non-hydrogen) atoms. The second-order valence-electron chi connectivity index (χ2n) is 9.78. The summed E-state index contributed by atoms with van der Waals surface area (Å²) in [5, 5.41) is 2.86. The number of ether oxygens (including phenoxy) is 10. The molecule has 15 heteroatoms. The molecule has 0 saturated heterocycles. The first-order chi connectivity index (χ1) is 23.4. The molecule has 0 aliphatic heterocycles. The third-order valence-corrected chi connectivity index (χ3v) is 6.11. The fraction of sp³-hybridized carbons (Fsp3) is 0.606. The number of anilines is 2. The summed E-state index contributed by atoms with van der Waals surface area (Å²) < 4.78 is 92.5. The van der Waals surface area contributed by atoms with Crippen LogP contribution in [0.15, 0.2) is 48.5 Å². The summed E-state index contributed by atoms with van der Waals surface area (Å²) in [5.74, 6) is -0.627. The molecule has 0 bridgehead atoms. The number of alkyl halides is 3. The van der Waals surface area contributed by atoms with Crippen molar-refractivity contribution in [3.63, 3.8) is 0 Å². The van der Waals surface area contributed by atoms with Gasteiger partial charge in [-0.15, -0.1) is 0 Å². The molecule has 0 aliphatic carbocycles. The van der Waals surface area contributed by atoms with Crippen molar-refractivity contribution in [2.75, 3.05) is 131 Å². The van der Waals surface area contributed by atoms with Crippen LogP contribution < -0.4 is 5.32 Å². The minimum Gasteiger partial charge on any atom is -0.460 e. The molecule has 0 fully saturated rings. The molecule has 0 spiro atoms. The molecular weight excluding hydrogens is 643 g/mol. The van der Waals surface area contributed by atoms with E-state index in [1.54, 1.807) is 25.3 Å². The predicted octanol–water partition coefficient (Wildman–Crippen LogP) is 4.39. The predicted molar refractivity (Wildman–Crippen MR) is 170 cm³/mol. The number of esters is 1. The lowest BCUT2D eigenvalue weighted by atomic mass is 10.1.